The van der Waals surface area contributed by atoms with Crippen LogP contribution in [0.1, 0.15) is 37.0 Å². The van der Waals surface area contributed by atoms with E-state index in [-0.39, 0.29) is 11.5 Å². The Morgan fingerprint density at radius 1 is 1.00 bits per heavy atom. The van der Waals surface area contributed by atoms with E-state index >= 15 is 0 Å². The molecule has 0 saturated carbocycles. The molecule has 0 spiro atoms. The quantitative estimate of drug-likeness (QED) is 0.416. The van der Waals surface area contributed by atoms with E-state index in [9.17, 15) is 0 Å². The van der Waals surface area contributed by atoms with Crippen molar-refractivity contribution in [2.75, 3.05) is 4.90 Å². The van der Waals surface area contributed by atoms with Crippen LogP contribution in [0.4, 0.5) is 5.69 Å². The number of allylic oxidation sites excluding steroid dienone is 9. The van der Waals surface area contributed by atoms with E-state index in [4.69, 9.17) is 0 Å². The van der Waals surface area contributed by atoms with Crippen molar-refractivity contribution < 1.29 is 0 Å². The number of fused-ring (bicyclic) bond motifs is 6. The smallest absolute Gasteiger partial charge is 0.0724 e. The third-order valence-corrected chi connectivity index (χ3v) is 7.40. The van der Waals surface area contributed by atoms with Crippen LogP contribution in [0.5, 0.6) is 0 Å². The van der Waals surface area contributed by atoms with Gasteiger partial charge in [0.15, 0.2) is 0 Å². The summed E-state index contributed by atoms with van der Waals surface area (Å²) in [6.07, 6.45) is 19.4. The van der Waals surface area contributed by atoms with Gasteiger partial charge >= 0.3 is 0 Å². The van der Waals surface area contributed by atoms with Crippen molar-refractivity contribution in [2.45, 2.75) is 31.7 Å². The first-order valence-electron chi connectivity index (χ1n) is 10.9. The predicted molar refractivity (Wildman–Crippen MR) is 135 cm³/mol. The highest BCUT2D eigenvalue weighted by Gasteiger charge is 2.41. The lowest BCUT2D eigenvalue weighted by Gasteiger charge is -2.36. The van der Waals surface area contributed by atoms with Crippen molar-refractivity contribution >= 4 is 32.8 Å². The molecule has 152 valence electrons. The van der Waals surface area contributed by atoms with E-state index in [0.29, 0.717) is 0 Å². The monoisotopic (exact) mass is 465 g/mol. The lowest BCUT2D eigenvalue weighted by atomic mass is 9.81. The maximum atomic E-state index is 3.71. The molecule has 6 rings (SSSR count). The van der Waals surface area contributed by atoms with Gasteiger partial charge in [-0.05, 0) is 82.8 Å². The minimum absolute atomic E-state index is 0.0119. The molecular formula is C29H24BrN. The third-order valence-electron chi connectivity index (χ3n) is 6.91. The fraction of sp³-hybridized carbons (Fsp3) is 0.172. The molecule has 4 aliphatic rings. The minimum atomic E-state index is -0.0119. The van der Waals surface area contributed by atoms with Crippen molar-refractivity contribution in [1.82, 2.24) is 0 Å². The zero-order valence-corrected chi connectivity index (χ0v) is 19.4. The summed E-state index contributed by atoms with van der Waals surface area (Å²) < 4.78 is 1.11. The largest absolute Gasteiger partial charge is 0.330 e. The van der Waals surface area contributed by atoms with Gasteiger partial charge in [0.1, 0.15) is 0 Å². The summed E-state index contributed by atoms with van der Waals surface area (Å²) in [5.41, 5.74) is 10.7. The molecule has 3 aliphatic carbocycles. The Hall–Kier alpha value is -2.84. The fourth-order valence-corrected chi connectivity index (χ4v) is 5.76. The summed E-state index contributed by atoms with van der Waals surface area (Å²) in [4.78, 5) is 2.48. The van der Waals surface area contributed by atoms with Crippen molar-refractivity contribution in [2.24, 2.45) is 0 Å². The summed E-state index contributed by atoms with van der Waals surface area (Å²) in [6, 6.07) is 15.7. The Morgan fingerprint density at radius 3 is 2.77 bits per heavy atom. The molecule has 2 aromatic carbocycles. The first kappa shape index (κ1) is 18.9. The van der Waals surface area contributed by atoms with E-state index < -0.39 is 0 Å². The van der Waals surface area contributed by atoms with Gasteiger partial charge in [0.2, 0.25) is 0 Å². The fourth-order valence-electron chi connectivity index (χ4n) is 5.40. The Balaban J connectivity index is 1.62. The van der Waals surface area contributed by atoms with Crippen LogP contribution < -0.4 is 4.90 Å². The van der Waals surface area contributed by atoms with Gasteiger partial charge in [-0.3, -0.25) is 0 Å². The van der Waals surface area contributed by atoms with Crippen molar-refractivity contribution in [3.8, 4) is 0 Å². The van der Waals surface area contributed by atoms with Gasteiger partial charge in [0.05, 0.1) is 6.04 Å². The number of nitrogens with zero attached hydrogens (tertiary/aromatic N) is 1. The SMILES string of the molecule is CC1(C)C2=CC3=CC(C=C2c2ccccc21)N(C1=CC=CCC=C1)c1ccc(Br)cc13. The van der Waals surface area contributed by atoms with Gasteiger partial charge in [0, 0.05) is 26.8 Å². The van der Waals surface area contributed by atoms with E-state index in [0.717, 1.165) is 10.9 Å². The minimum Gasteiger partial charge on any atom is -0.330 e. The molecule has 0 aromatic heterocycles. The van der Waals surface area contributed by atoms with Crippen LogP contribution in [0.15, 0.2) is 107 Å². The van der Waals surface area contributed by atoms with E-state index in [1.165, 1.54) is 44.8 Å². The van der Waals surface area contributed by atoms with Crippen LogP contribution in [-0.2, 0) is 5.41 Å². The van der Waals surface area contributed by atoms with E-state index in [1.54, 1.807) is 0 Å². The zero-order chi connectivity index (χ0) is 21.2. The van der Waals surface area contributed by atoms with E-state index in [1.807, 2.05) is 0 Å². The van der Waals surface area contributed by atoms with Crippen LogP contribution in [0.25, 0.3) is 11.1 Å². The number of benzene rings is 2. The molecule has 1 unspecified atom stereocenters. The Bertz CT molecular complexity index is 1300. The lowest BCUT2D eigenvalue weighted by Crippen LogP contribution is -2.34. The number of rotatable bonds is 1. The standard InChI is InChI=1S/C29H24BrN/c1-29(2)26-12-8-7-11-23(26)25-18-22-15-19(16-27(25)29)24-17-20(30)13-14-28(24)31(22)21-9-5-3-4-6-10-21/h3,5-18,22H,4H2,1-2H3. The summed E-state index contributed by atoms with van der Waals surface area (Å²) in [5.74, 6) is 0. The molecule has 1 atom stereocenters. The van der Waals surface area contributed by atoms with Gasteiger partial charge in [-0.1, -0.05) is 72.3 Å². The van der Waals surface area contributed by atoms with Crippen LogP contribution in [0, 0.1) is 0 Å². The Kier molecular flexibility index (Phi) is 4.16. The topological polar surface area (TPSA) is 3.24 Å². The lowest BCUT2D eigenvalue weighted by molar-refractivity contribution is 0.661. The van der Waals surface area contributed by atoms with Gasteiger partial charge in [0.25, 0.3) is 0 Å². The van der Waals surface area contributed by atoms with Gasteiger partial charge in [-0.2, -0.15) is 0 Å². The number of hydrogen-bond donors (Lipinski definition) is 0. The van der Waals surface area contributed by atoms with Crippen molar-refractivity contribution in [1.29, 1.82) is 0 Å². The average molecular weight is 466 g/mol. The third kappa shape index (κ3) is 2.81. The van der Waals surface area contributed by atoms with Crippen LogP contribution in [0.3, 0.4) is 0 Å². The van der Waals surface area contributed by atoms with Crippen LogP contribution in [0.2, 0.25) is 0 Å². The second kappa shape index (κ2) is 6.83. The predicted octanol–water partition coefficient (Wildman–Crippen LogP) is 7.74. The van der Waals surface area contributed by atoms with E-state index in [2.05, 4.69) is 126 Å². The zero-order valence-electron chi connectivity index (χ0n) is 17.8. The average Bonchev–Trinajstić information content (AvgIpc) is 3.02. The highest BCUT2D eigenvalue weighted by molar-refractivity contribution is 9.10. The van der Waals surface area contributed by atoms with Gasteiger partial charge in [-0.15, -0.1) is 0 Å². The van der Waals surface area contributed by atoms with Crippen molar-refractivity contribution in [3.63, 3.8) is 0 Å². The van der Waals surface area contributed by atoms with Crippen LogP contribution >= 0.6 is 15.9 Å². The number of anilines is 1. The van der Waals surface area contributed by atoms with Crippen molar-refractivity contribution in [3.05, 3.63) is 124 Å². The highest BCUT2D eigenvalue weighted by Crippen LogP contribution is 2.53. The molecule has 0 amide bonds. The summed E-state index contributed by atoms with van der Waals surface area (Å²) in [6.45, 7) is 4.71. The first-order valence-corrected chi connectivity index (χ1v) is 11.7. The van der Waals surface area contributed by atoms with Gasteiger partial charge in [-0.25, -0.2) is 0 Å². The first-order chi connectivity index (χ1) is 15.0. The molecular weight excluding hydrogens is 442 g/mol. The maximum absolute atomic E-state index is 3.71. The summed E-state index contributed by atoms with van der Waals surface area (Å²) >= 11 is 3.71. The Morgan fingerprint density at radius 2 is 1.87 bits per heavy atom. The molecule has 0 radical (unpaired) electrons. The van der Waals surface area contributed by atoms with Crippen LogP contribution in [-0.4, -0.2) is 6.04 Å². The number of halogens is 1. The summed E-state index contributed by atoms with van der Waals surface area (Å²) in [7, 11) is 0. The molecule has 2 bridgehead atoms. The second-order valence-electron chi connectivity index (χ2n) is 9.11. The molecule has 0 N–H and O–H groups in total. The normalized spacial score (nSPS) is 22.3. The molecule has 0 fully saturated rings. The molecule has 1 nitrogen and oxygen atoms in total. The number of hydrogen-bond acceptors (Lipinski definition) is 1. The molecule has 31 heavy (non-hydrogen) atoms. The highest BCUT2D eigenvalue weighted by atomic mass is 79.9. The molecule has 2 heteroatoms. The molecule has 1 aliphatic heterocycles. The molecule has 1 heterocycles. The van der Waals surface area contributed by atoms with Gasteiger partial charge < -0.3 is 4.90 Å². The summed E-state index contributed by atoms with van der Waals surface area (Å²) in [5, 5.41) is 0. The second-order valence-corrected chi connectivity index (χ2v) is 10.0. The Labute approximate surface area is 192 Å². The molecule has 2 aromatic rings. The molecule has 0 saturated heterocycles. The maximum Gasteiger partial charge on any atom is 0.0724 e.